The average Bonchev–Trinajstić information content (AvgIpc) is 2.37. The minimum Gasteiger partial charge on any atom is -0.314 e. The van der Waals surface area contributed by atoms with Gasteiger partial charge in [-0.05, 0) is 51.2 Å². The van der Waals surface area contributed by atoms with Crippen LogP contribution in [0, 0.1) is 11.8 Å². The molecule has 1 aliphatic heterocycles. The van der Waals surface area contributed by atoms with Crippen LogP contribution in [-0.4, -0.2) is 37.1 Å². The highest BCUT2D eigenvalue weighted by molar-refractivity contribution is 4.80. The van der Waals surface area contributed by atoms with Crippen LogP contribution in [0.1, 0.15) is 53.4 Å². The Bertz CT molecular complexity index is 181. The molecule has 0 aromatic carbocycles. The molecule has 1 N–H and O–H groups in total. The smallest absolute Gasteiger partial charge is 0.00678 e. The fourth-order valence-corrected chi connectivity index (χ4v) is 3.04. The summed E-state index contributed by atoms with van der Waals surface area (Å²) in [7, 11) is 0. The summed E-state index contributed by atoms with van der Waals surface area (Å²) in [4.78, 5) is 2.69. The van der Waals surface area contributed by atoms with Crippen molar-refractivity contribution in [2.75, 3.05) is 26.2 Å². The predicted octanol–water partition coefficient (Wildman–Crippen LogP) is 3.13. The van der Waals surface area contributed by atoms with Crippen LogP contribution in [0.4, 0.5) is 0 Å². The van der Waals surface area contributed by atoms with Crippen molar-refractivity contribution in [1.29, 1.82) is 0 Å². The Labute approximate surface area is 108 Å². The van der Waals surface area contributed by atoms with Crippen LogP contribution in [0.25, 0.3) is 0 Å². The molecule has 1 atom stereocenters. The molecule has 1 unspecified atom stereocenters. The van der Waals surface area contributed by atoms with Crippen molar-refractivity contribution in [2.24, 2.45) is 11.8 Å². The van der Waals surface area contributed by atoms with Crippen LogP contribution in [0.3, 0.4) is 0 Å². The second-order valence-corrected chi connectivity index (χ2v) is 5.67. The quantitative estimate of drug-likeness (QED) is 0.735. The molecule has 1 saturated heterocycles. The number of hydrogen-bond acceptors (Lipinski definition) is 2. The van der Waals surface area contributed by atoms with E-state index in [9.17, 15) is 0 Å². The van der Waals surface area contributed by atoms with E-state index in [0.717, 1.165) is 18.4 Å². The molecular weight excluding hydrogens is 208 g/mol. The van der Waals surface area contributed by atoms with Crippen molar-refractivity contribution in [3.8, 4) is 0 Å². The van der Waals surface area contributed by atoms with E-state index in [0.29, 0.717) is 6.04 Å². The highest BCUT2D eigenvalue weighted by Gasteiger charge is 2.24. The molecule has 1 fully saturated rings. The Morgan fingerprint density at radius 3 is 2.18 bits per heavy atom. The Morgan fingerprint density at radius 1 is 1.12 bits per heavy atom. The van der Waals surface area contributed by atoms with Gasteiger partial charge in [-0.2, -0.15) is 0 Å². The second kappa shape index (κ2) is 8.10. The summed E-state index contributed by atoms with van der Waals surface area (Å²) >= 11 is 0. The predicted molar refractivity (Wildman–Crippen MR) is 76.4 cm³/mol. The molecular formula is C15H32N2. The number of likely N-dealkylation sites (tertiary alicyclic amines) is 1. The molecule has 0 radical (unpaired) electrons. The first-order valence-corrected chi connectivity index (χ1v) is 7.66. The zero-order valence-corrected chi connectivity index (χ0v) is 12.3. The third-order valence-corrected chi connectivity index (χ3v) is 4.54. The summed E-state index contributed by atoms with van der Waals surface area (Å²) in [6, 6.07) is 0.704. The first-order valence-electron chi connectivity index (χ1n) is 7.66. The van der Waals surface area contributed by atoms with Gasteiger partial charge >= 0.3 is 0 Å². The highest BCUT2D eigenvalue weighted by Crippen LogP contribution is 2.22. The summed E-state index contributed by atoms with van der Waals surface area (Å²) in [6.07, 6.45) is 5.44. The lowest BCUT2D eigenvalue weighted by molar-refractivity contribution is 0.141. The summed E-state index contributed by atoms with van der Waals surface area (Å²) in [5.74, 6) is 1.81. The lowest BCUT2D eigenvalue weighted by Crippen LogP contribution is -2.43. The van der Waals surface area contributed by atoms with Gasteiger partial charge in [0, 0.05) is 12.6 Å². The van der Waals surface area contributed by atoms with E-state index < -0.39 is 0 Å². The molecule has 1 rings (SSSR count). The van der Waals surface area contributed by atoms with Gasteiger partial charge in [-0.3, -0.25) is 0 Å². The van der Waals surface area contributed by atoms with Crippen molar-refractivity contribution >= 4 is 0 Å². The topological polar surface area (TPSA) is 15.3 Å². The third-order valence-electron chi connectivity index (χ3n) is 4.54. The Balaban J connectivity index is 2.25. The lowest BCUT2D eigenvalue weighted by atomic mass is 9.89. The summed E-state index contributed by atoms with van der Waals surface area (Å²) in [5, 5.41) is 3.57. The minimum absolute atomic E-state index is 0.704. The maximum absolute atomic E-state index is 3.57. The Kier molecular flexibility index (Phi) is 7.14. The molecule has 102 valence electrons. The summed E-state index contributed by atoms with van der Waals surface area (Å²) in [6.45, 7) is 14.3. The third kappa shape index (κ3) is 4.97. The molecule has 0 amide bonds. The zero-order chi connectivity index (χ0) is 12.7. The SMILES string of the molecule is CCNC(C)C1CCN(CC(CC)CC)CC1. The highest BCUT2D eigenvalue weighted by atomic mass is 15.1. The minimum atomic E-state index is 0.704. The maximum atomic E-state index is 3.57. The Hall–Kier alpha value is -0.0800. The fraction of sp³-hybridized carbons (Fsp3) is 1.00. The van der Waals surface area contributed by atoms with Crippen molar-refractivity contribution in [3.63, 3.8) is 0 Å². The second-order valence-electron chi connectivity index (χ2n) is 5.67. The van der Waals surface area contributed by atoms with Gasteiger partial charge in [0.15, 0.2) is 0 Å². The molecule has 2 heteroatoms. The standard InChI is InChI=1S/C15H32N2/c1-5-14(6-2)12-17-10-8-15(9-11-17)13(4)16-7-3/h13-16H,5-12H2,1-4H3. The molecule has 1 heterocycles. The molecule has 0 spiro atoms. The summed E-state index contributed by atoms with van der Waals surface area (Å²) in [5.41, 5.74) is 0. The number of piperidine rings is 1. The number of rotatable bonds is 7. The van der Waals surface area contributed by atoms with E-state index in [2.05, 4.69) is 37.9 Å². The van der Waals surface area contributed by atoms with Crippen LogP contribution < -0.4 is 5.32 Å². The van der Waals surface area contributed by atoms with Crippen molar-refractivity contribution < 1.29 is 0 Å². The molecule has 0 aromatic heterocycles. The van der Waals surface area contributed by atoms with Crippen LogP contribution in [0.15, 0.2) is 0 Å². The normalized spacial score (nSPS) is 21.0. The molecule has 0 saturated carbocycles. The van der Waals surface area contributed by atoms with Crippen LogP contribution >= 0.6 is 0 Å². The maximum Gasteiger partial charge on any atom is 0.00678 e. The first-order chi connectivity index (χ1) is 8.21. The average molecular weight is 240 g/mol. The van der Waals surface area contributed by atoms with Crippen molar-refractivity contribution in [2.45, 2.75) is 59.4 Å². The first kappa shape index (κ1) is 15.0. The molecule has 17 heavy (non-hydrogen) atoms. The number of nitrogens with one attached hydrogen (secondary N) is 1. The molecule has 0 aromatic rings. The van der Waals surface area contributed by atoms with Crippen molar-refractivity contribution in [1.82, 2.24) is 10.2 Å². The zero-order valence-electron chi connectivity index (χ0n) is 12.3. The van der Waals surface area contributed by atoms with Gasteiger partial charge in [-0.25, -0.2) is 0 Å². The van der Waals surface area contributed by atoms with Gasteiger partial charge in [0.1, 0.15) is 0 Å². The van der Waals surface area contributed by atoms with Crippen molar-refractivity contribution in [3.05, 3.63) is 0 Å². The number of hydrogen-bond donors (Lipinski definition) is 1. The number of nitrogens with zero attached hydrogens (tertiary/aromatic N) is 1. The van der Waals surface area contributed by atoms with E-state index in [1.54, 1.807) is 0 Å². The van der Waals surface area contributed by atoms with Crippen LogP contribution in [0.2, 0.25) is 0 Å². The molecule has 0 aliphatic carbocycles. The van der Waals surface area contributed by atoms with Gasteiger partial charge in [-0.15, -0.1) is 0 Å². The van der Waals surface area contributed by atoms with Crippen LogP contribution in [-0.2, 0) is 0 Å². The molecule has 1 aliphatic rings. The molecule has 2 nitrogen and oxygen atoms in total. The molecule has 0 bridgehead atoms. The fourth-order valence-electron chi connectivity index (χ4n) is 3.04. The van der Waals surface area contributed by atoms with E-state index in [1.807, 2.05) is 0 Å². The van der Waals surface area contributed by atoms with Gasteiger partial charge < -0.3 is 10.2 Å². The van der Waals surface area contributed by atoms with Gasteiger partial charge in [-0.1, -0.05) is 33.6 Å². The monoisotopic (exact) mass is 240 g/mol. The van der Waals surface area contributed by atoms with E-state index in [1.165, 1.54) is 45.3 Å². The van der Waals surface area contributed by atoms with Crippen LogP contribution in [0.5, 0.6) is 0 Å². The summed E-state index contributed by atoms with van der Waals surface area (Å²) < 4.78 is 0. The van der Waals surface area contributed by atoms with Gasteiger partial charge in [0.2, 0.25) is 0 Å². The van der Waals surface area contributed by atoms with E-state index >= 15 is 0 Å². The van der Waals surface area contributed by atoms with Gasteiger partial charge in [0.25, 0.3) is 0 Å². The van der Waals surface area contributed by atoms with E-state index in [-0.39, 0.29) is 0 Å². The van der Waals surface area contributed by atoms with E-state index in [4.69, 9.17) is 0 Å². The largest absolute Gasteiger partial charge is 0.314 e. The Morgan fingerprint density at radius 2 is 1.71 bits per heavy atom. The van der Waals surface area contributed by atoms with Gasteiger partial charge in [0.05, 0.1) is 0 Å². The lowest BCUT2D eigenvalue weighted by Gasteiger charge is -2.36.